The molecule has 4 nitrogen and oxygen atoms in total. The van der Waals surface area contributed by atoms with Crippen molar-refractivity contribution in [1.82, 2.24) is 9.97 Å². The summed E-state index contributed by atoms with van der Waals surface area (Å²) in [6, 6.07) is 4.01. The summed E-state index contributed by atoms with van der Waals surface area (Å²) in [4.78, 5) is 7.22. The largest absolute Gasteiger partial charge is 0.494 e. The lowest BCUT2D eigenvalue weighted by atomic mass is 10.1. The zero-order valence-electron chi connectivity index (χ0n) is 8.95. The van der Waals surface area contributed by atoms with Crippen LogP contribution in [0, 0.1) is 11.6 Å². The van der Waals surface area contributed by atoms with Crippen LogP contribution >= 0.6 is 0 Å². The van der Waals surface area contributed by atoms with E-state index in [2.05, 4.69) is 9.97 Å². The van der Waals surface area contributed by atoms with Crippen LogP contribution in [0.25, 0.3) is 11.3 Å². The molecule has 1 heterocycles. The quantitative estimate of drug-likeness (QED) is 0.867. The molecule has 2 N–H and O–H groups in total. The molecule has 0 atom stereocenters. The molecule has 1 aromatic heterocycles. The molecule has 0 radical (unpaired) electrons. The van der Waals surface area contributed by atoms with Gasteiger partial charge < -0.3 is 10.5 Å². The first-order chi connectivity index (χ1) is 8.11. The van der Waals surface area contributed by atoms with Gasteiger partial charge in [0.2, 0.25) is 5.95 Å². The van der Waals surface area contributed by atoms with E-state index in [9.17, 15) is 8.78 Å². The summed E-state index contributed by atoms with van der Waals surface area (Å²) in [7, 11) is 1.35. The predicted octanol–water partition coefficient (Wildman–Crippen LogP) is 2.01. The molecule has 6 heteroatoms. The number of hydrogen-bond acceptors (Lipinski definition) is 4. The number of nitrogens with two attached hydrogens (primary N) is 1. The molecule has 17 heavy (non-hydrogen) atoms. The van der Waals surface area contributed by atoms with E-state index in [1.807, 2.05) is 0 Å². The van der Waals surface area contributed by atoms with Crippen molar-refractivity contribution in [2.75, 3.05) is 12.8 Å². The van der Waals surface area contributed by atoms with E-state index in [4.69, 9.17) is 10.5 Å². The molecule has 0 saturated carbocycles. The van der Waals surface area contributed by atoms with Crippen LogP contribution in [0.1, 0.15) is 0 Å². The summed E-state index contributed by atoms with van der Waals surface area (Å²) >= 11 is 0. The Morgan fingerprint density at radius 2 is 2.00 bits per heavy atom. The van der Waals surface area contributed by atoms with Crippen molar-refractivity contribution in [3.8, 4) is 17.0 Å². The molecule has 2 aromatic rings. The Morgan fingerprint density at radius 3 is 2.65 bits per heavy atom. The molecule has 88 valence electrons. The van der Waals surface area contributed by atoms with E-state index in [1.165, 1.54) is 19.2 Å². The van der Waals surface area contributed by atoms with E-state index in [0.717, 1.165) is 12.3 Å². The Kier molecular flexibility index (Phi) is 2.86. The monoisotopic (exact) mass is 237 g/mol. The van der Waals surface area contributed by atoms with Gasteiger partial charge in [-0.1, -0.05) is 0 Å². The highest BCUT2D eigenvalue weighted by Gasteiger charge is 2.11. The van der Waals surface area contributed by atoms with Gasteiger partial charge in [0.25, 0.3) is 0 Å². The Morgan fingerprint density at radius 1 is 1.24 bits per heavy atom. The third-order valence-corrected chi connectivity index (χ3v) is 2.19. The van der Waals surface area contributed by atoms with Crippen LogP contribution in [0.3, 0.4) is 0 Å². The van der Waals surface area contributed by atoms with Gasteiger partial charge in [0.1, 0.15) is 5.69 Å². The van der Waals surface area contributed by atoms with Crippen LogP contribution in [0.5, 0.6) is 5.75 Å². The molecule has 0 bridgehead atoms. The molecule has 2 rings (SSSR count). The number of methoxy groups -OCH3 is 1. The number of nitrogen functional groups attached to an aromatic ring is 1. The minimum absolute atomic E-state index is 0.0425. The fourth-order valence-corrected chi connectivity index (χ4v) is 1.40. The van der Waals surface area contributed by atoms with Gasteiger partial charge >= 0.3 is 0 Å². The summed E-state index contributed by atoms with van der Waals surface area (Å²) in [6.45, 7) is 0. The van der Waals surface area contributed by atoms with Gasteiger partial charge in [-0.15, -0.1) is 0 Å². The Labute approximate surface area is 96.1 Å². The molecule has 0 aliphatic heterocycles. The first-order valence-electron chi connectivity index (χ1n) is 4.73. The van der Waals surface area contributed by atoms with Gasteiger partial charge in [-0.05, 0) is 18.2 Å². The number of nitrogens with zero attached hydrogens (tertiary/aromatic N) is 2. The summed E-state index contributed by atoms with van der Waals surface area (Å²) in [5, 5.41) is 0. The Balaban J connectivity index is 2.53. The van der Waals surface area contributed by atoms with Gasteiger partial charge in [0.15, 0.2) is 17.4 Å². The van der Waals surface area contributed by atoms with Crippen molar-refractivity contribution in [2.24, 2.45) is 0 Å². The average Bonchev–Trinajstić information content (AvgIpc) is 2.32. The summed E-state index contributed by atoms with van der Waals surface area (Å²) in [5.74, 6) is -1.25. The highest BCUT2D eigenvalue weighted by Crippen LogP contribution is 2.25. The molecule has 0 aliphatic rings. The van der Waals surface area contributed by atoms with Crippen LogP contribution < -0.4 is 10.5 Å². The van der Waals surface area contributed by atoms with Crippen molar-refractivity contribution in [1.29, 1.82) is 0 Å². The van der Waals surface area contributed by atoms with Gasteiger partial charge in [0.05, 0.1) is 13.3 Å². The maximum Gasteiger partial charge on any atom is 0.220 e. The second-order valence-electron chi connectivity index (χ2n) is 3.27. The lowest BCUT2D eigenvalue weighted by Crippen LogP contribution is -1.99. The topological polar surface area (TPSA) is 61.0 Å². The number of hydrogen-bond donors (Lipinski definition) is 1. The van der Waals surface area contributed by atoms with Gasteiger partial charge in [0, 0.05) is 5.56 Å². The van der Waals surface area contributed by atoms with Gasteiger partial charge in [-0.2, -0.15) is 0 Å². The molecular weight excluding hydrogens is 228 g/mol. The molecule has 0 amide bonds. The molecule has 0 saturated heterocycles. The third-order valence-electron chi connectivity index (χ3n) is 2.19. The van der Waals surface area contributed by atoms with E-state index < -0.39 is 11.6 Å². The van der Waals surface area contributed by atoms with Crippen LogP contribution in [0.15, 0.2) is 24.4 Å². The zero-order valence-corrected chi connectivity index (χ0v) is 8.95. The van der Waals surface area contributed by atoms with Crippen LogP contribution in [-0.4, -0.2) is 17.1 Å². The number of anilines is 1. The molecule has 0 fully saturated rings. The molecule has 0 spiro atoms. The van der Waals surface area contributed by atoms with E-state index in [1.54, 1.807) is 0 Å². The normalized spacial score (nSPS) is 10.3. The lowest BCUT2D eigenvalue weighted by Gasteiger charge is -2.06. The summed E-state index contributed by atoms with van der Waals surface area (Å²) in [5.41, 5.74) is 5.58. The fourth-order valence-electron chi connectivity index (χ4n) is 1.40. The van der Waals surface area contributed by atoms with Crippen molar-refractivity contribution in [3.63, 3.8) is 0 Å². The minimum Gasteiger partial charge on any atom is -0.494 e. The van der Waals surface area contributed by atoms with E-state index >= 15 is 0 Å². The molecule has 0 aliphatic carbocycles. The predicted molar refractivity (Wildman–Crippen MR) is 58.3 cm³/mol. The first-order valence-corrected chi connectivity index (χ1v) is 4.73. The van der Waals surface area contributed by atoms with Crippen molar-refractivity contribution in [3.05, 3.63) is 36.0 Å². The van der Waals surface area contributed by atoms with E-state index in [-0.39, 0.29) is 23.0 Å². The van der Waals surface area contributed by atoms with Gasteiger partial charge in [-0.3, -0.25) is 0 Å². The second-order valence-corrected chi connectivity index (χ2v) is 3.27. The standard InChI is InChI=1S/C11H9F2N3O/c1-17-9-3-2-6(4-7(9)12)10-8(13)5-15-11(14)16-10/h2-5H,1H3,(H2,14,15,16). The maximum absolute atomic E-state index is 13.4. The summed E-state index contributed by atoms with van der Waals surface area (Å²) < 4.78 is 31.6. The number of benzene rings is 1. The molecular formula is C11H9F2N3O. The minimum atomic E-state index is -0.663. The van der Waals surface area contributed by atoms with Gasteiger partial charge in [-0.25, -0.2) is 18.7 Å². The number of ether oxygens (including phenoxy) is 1. The molecule has 1 aromatic carbocycles. The zero-order chi connectivity index (χ0) is 12.4. The fraction of sp³-hybridized carbons (Fsp3) is 0.0909. The maximum atomic E-state index is 13.4. The number of halogens is 2. The van der Waals surface area contributed by atoms with Crippen molar-refractivity contribution >= 4 is 5.95 Å². The Hall–Kier alpha value is -2.24. The highest BCUT2D eigenvalue weighted by atomic mass is 19.1. The average molecular weight is 237 g/mol. The number of aromatic nitrogens is 2. The smallest absolute Gasteiger partial charge is 0.220 e. The second kappa shape index (κ2) is 4.32. The molecule has 0 unspecified atom stereocenters. The van der Waals surface area contributed by atoms with Crippen LogP contribution in [0.2, 0.25) is 0 Å². The number of rotatable bonds is 2. The van der Waals surface area contributed by atoms with Crippen molar-refractivity contribution < 1.29 is 13.5 Å². The van der Waals surface area contributed by atoms with Crippen LogP contribution in [-0.2, 0) is 0 Å². The van der Waals surface area contributed by atoms with Crippen LogP contribution in [0.4, 0.5) is 14.7 Å². The lowest BCUT2D eigenvalue weighted by molar-refractivity contribution is 0.386. The third kappa shape index (κ3) is 2.15. The van der Waals surface area contributed by atoms with E-state index in [0.29, 0.717) is 0 Å². The van der Waals surface area contributed by atoms with Crippen molar-refractivity contribution in [2.45, 2.75) is 0 Å². The SMILES string of the molecule is COc1ccc(-c2nc(N)ncc2F)cc1F. The first kappa shape index (κ1) is 11.3. The highest BCUT2D eigenvalue weighted by molar-refractivity contribution is 5.61. The Bertz CT molecular complexity index is 560. The summed E-state index contributed by atoms with van der Waals surface area (Å²) in [6.07, 6.45) is 0.944.